The van der Waals surface area contributed by atoms with Crippen molar-refractivity contribution in [3.63, 3.8) is 0 Å². The van der Waals surface area contributed by atoms with Gasteiger partial charge in [0.15, 0.2) is 0 Å². The Kier molecular flexibility index (Phi) is 3.43. The first-order valence-electron chi connectivity index (χ1n) is 7.22. The molecular weight excluding hydrogens is 250 g/mol. The summed E-state index contributed by atoms with van der Waals surface area (Å²) in [7, 11) is 0. The molecule has 1 fully saturated rings. The van der Waals surface area contributed by atoms with Gasteiger partial charge >= 0.3 is 5.97 Å². The molecule has 1 aliphatic rings. The number of carboxylic acid groups (broad SMARTS) is 1. The number of hydrogen-bond donors (Lipinski definition) is 1. The molecule has 0 saturated heterocycles. The quantitative estimate of drug-likeness (QED) is 0.899. The lowest BCUT2D eigenvalue weighted by Crippen LogP contribution is -2.20. The van der Waals surface area contributed by atoms with Gasteiger partial charge in [-0.15, -0.1) is 0 Å². The Hall–Kier alpha value is -1.90. The highest BCUT2D eigenvalue weighted by molar-refractivity contribution is 5.79. The van der Waals surface area contributed by atoms with E-state index in [1.165, 1.54) is 16.5 Å². The van der Waals surface area contributed by atoms with Crippen LogP contribution in [0.15, 0.2) is 30.5 Å². The Morgan fingerprint density at radius 1 is 1.20 bits per heavy atom. The van der Waals surface area contributed by atoms with Crippen LogP contribution in [0.25, 0.3) is 10.9 Å². The Morgan fingerprint density at radius 3 is 2.65 bits per heavy atom. The lowest BCUT2D eigenvalue weighted by atomic mass is 9.78. The Labute approximate surface area is 118 Å². The third-order valence-electron chi connectivity index (χ3n) is 4.39. The van der Waals surface area contributed by atoms with Gasteiger partial charge in [0.2, 0.25) is 0 Å². The summed E-state index contributed by atoms with van der Waals surface area (Å²) in [6.45, 7) is 2.05. The maximum Gasteiger partial charge on any atom is 0.306 e. The van der Waals surface area contributed by atoms with Gasteiger partial charge in [-0.05, 0) is 67.9 Å². The second kappa shape index (κ2) is 5.23. The summed E-state index contributed by atoms with van der Waals surface area (Å²) in [5.74, 6) is -0.284. The van der Waals surface area contributed by atoms with Crippen molar-refractivity contribution in [3.05, 3.63) is 41.6 Å². The fraction of sp³-hybridized carbons (Fsp3) is 0.412. The van der Waals surface area contributed by atoms with Gasteiger partial charge in [-0.25, -0.2) is 0 Å². The Balaban J connectivity index is 1.82. The van der Waals surface area contributed by atoms with Crippen LogP contribution in [0.1, 0.15) is 42.7 Å². The summed E-state index contributed by atoms with van der Waals surface area (Å²) in [6.07, 6.45) is 5.43. The van der Waals surface area contributed by atoms with Crippen molar-refractivity contribution < 1.29 is 9.90 Å². The molecule has 104 valence electrons. The molecule has 0 spiro atoms. The molecule has 1 aromatic heterocycles. The van der Waals surface area contributed by atoms with Crippen molar-refractivity contribution in [2.45, 2.75) is 38.5 Å². The van der Waals surface area contributed by atoms with Crippen molar-refractivity contribution in [2.24, 2.45) is 5.92 Å². The van der Waals surface area contributed by atoms with E-state index in [9.17, 15) is 4.79 Å². The van der Waals surface area contributed by atoms with Crippen LogP contribution in [-0.4, -0.2) is 16.1 Å². The Morgan fingerprint density at radius 2 is 1.95 bits per heavy atom. The minimum Gasteiger partial charge on any atom is -0.481 e. The lowest BCUT2D eigenvalue weighted by Gasteiger charge is -2.26. The van der Waals surface area contributed by atoms with E-state index in [-0.39, 0.29) is 5.92 Å². The Bertz CT molecular complexity index is 642. The van der Waals surface area contributed by atoms with Crippen molar-refractivity contribution in [2.75, 3.05) is 0 Å². The summed E-state index contributed by atoms with van der Waals surface area (Å²) in [4.78, 5) is 15.4. The van der Waals surface area contributed by atoms with Crippen molar-refractivity contribution in [1.29, 1.82) is 0 Å². The second-order valence-electron chi connectivity index (χ2n) is 5.85. The number of nitrogens with zero attached hydrogens (tertiary/aromatic N) is 1. The van der Waals surface area contributed by atoms with Gasteiger partial charge in [-0.1, -0.05) is 6.07 Å². The van der Waals surface area contributed by atoms with Crippen LogP contribution in [-0.2, 0) is 4.79 Å². The number of aliphatic carboxylic acids is 1. The predicted octanol–water partition coefficient (Wildman–Crippen LogP) is 3.90. The van der Waals surface area contributed by atoms with Crippen LogP contribution in [0.5, 0.6) is 0 Å². The van der Waals surface area contributed by atoms with Gasteiger partial charge in [0, 0.05) is 11.6 Å². The van der Waals surface area contributed by atoms with Gasteiger partial charge in [0.05, 0.1) is 11.4 Å². The molecule has 1 N–H and O–H groups in total. The third-order valence-corrected chi connectivity index (χ3v) is 4.39. The molecule has 2 aromatic rings. The molecule has 0 amide bonds. The molecule has 1 heterocycles. The third kappa shape index (κ3) is 2.53. The van der Waals surface area contributed by atoms with E-state index in [1.54, 1.807) is 0 Å². The van der Waals surface area contributed by atoms with Crippen LogP contribution in [0.3, 0.4) is 0 Å². The van der Waals surface area contributed by atoms with E-state index >= 15 is 0 Å². The predicted molar refractivity (Wildman–Crippen MR) is 78.8 cm³/mol. The number of benzene rings is 1. The van der Waals surface area contributed by atoms with Gasteiger partial charge in [-0.3, -0.25) is 9.78 Å². The van der Waals surface area contributed by atoms with Crippen LogP contribution in [0.4, 0.5) is 0 Å². The number of hydrogen-bond acceptors (Lipinski definition) is 2. The number of carbonyl (C=O) groups is 1. The first kappa shape index (κ1) is 13.1. The normalized spacial score (nSPS) is 22.9. The largest absolute Gasteiger partial charge is 0.481 e. The fourth-order valence-electron chi connectivity index (χ4n) is 3.19. The van der Waals surface area contributed by atoms with E-state index in [1.807, 2.05) is 6.20 Å². The highest BCUT2D eigenvalue weighted by atomic mass is 16.4. The second-order valence-corrected chi connectivity index (χ2v) is 5.85. The van der Waals surface area contributed by atoms with Gasteiger partial charge < -0.3 is 5.11 Å². The topological polar surface area (TPSA) is 50.2 Å². The molecule has 1 aliphatic carbocycles. The van der Waals surface area contributed by atoms with E-state index in [2.05, 4.69) is 36.2 Å². The van der Waals surface area contributed by atoms with E-state index in [0.29, 0.717) is 5.92 Å². The standard InChI is InChI=1S/C17H19NO2/c1-11-8-15-9-14(6-7-16(15)18-10-11)12-2-4-13(5-3-12)17(19)20/h6-10,12-13H,2-5H2,1H3,(H,19,20). The molecule has 20 heavy (non-hydrogen) atoms. The van der Waals surface area contributed by atoms with Gasteiger partial charge in [0.25, 0.3) is 0 Å². The molecule has 0 radical (unpaired) electrons. The number of pyridine rings is 1. The summed E-state index contributed by atoms with van der Waals surface area (Å²) in [5.41, 5.74) is 3.52. The SMILES string of the molecule is Cc1cnc2ccc(C3CCC(C(=O)O)CC3)cc2c1. The smallest absolute Gasteiger partial charge is 0.306 e. The van der Waals surface area contributed by atoms with Crippen LogP contribution in [0, 0.1) is 12.8 Å². The average Bonchev–Trinajstić information content (AvgIpc) is 2.46. The molecule has 0 bridgehead atoms. The number of aryl methyl sites for hydroxylation is 1. The van der Waals surface area contributed by atoms with Crippen molar-refractivity contribution >= 4 is 16.9 Å². The van der Waals surface area contributed by atoms with Crippen LogP contribution in [0.2, 0.25) is 0 Å². The first-order chi connectivity index (χ1) is 9.63. The highest BCUT2D eigenvalue weighted by Gasteiger charge is 2.26. The molecule has 3 rings (SSSR count). The molecule has 3 heteroatoms. The molecule has 1 saturated carbocycles. The van der Waals surface area contributed by atoms with Crippen LogP contribution < -0.4 is 0 Å². The fourth-order valence-corrected chi connectivity index (χ4v) is 3.19. The summed E-state index contributed by atoms with van der Waals surface area (Å²) >= 11 is 0. The zero-order chi connectivity index (χ0) is 14.1. The maximum absolute atomic E-state index is 11.0. The van der Waals surface area contributed by atoms with Gasteiger partial charge in [-0.2, -0.15) is 0 Å². The number of aromatic nitrogens is 1. The summed E-state index contributed by atoms with van der Waals surface area (Å²) in [6, 6.07) is 8.61. The minimum atomic E-state index is -0.637. The molecule has 0 atom stereocenters. The first-order valence-corrected chi connectivity index (χ1v) is 7.22. The molecule has 0 aliphatic heterocycles. The maximum atomic E-state index is 11.0. The van der Waals surface area contributed by atoms with E-state index in [4.69, 9.17) is 5.11 Å². The molecule has 0 unspecified atom stereocenters. The van der Waals surface area contributed by atoms with E-state index < -0.39 is 5.97 Å². The number of fused-ring (bicyclic) bond motifs is 1. The molecular formula is C17H19NO2. The lowest BCUT2D eigenvalue weighted by molar-refractivity contribution is -0.142. The summed E-state index contributed by atoms with van der Waals surface area (Å²) < 4.78 is 0. The summed E-state index contributed by atoms with van der Waals surface area (Å²) in [5, 5.41) is 10.2. The molecule has 1 aromatic carbocycles. The highest BCUT2D eigenvalue weighted by Crippen LogP contribution is 2.36. The minimum absolute atomic E-state index is 0.143. The average molecular weight is 269 g/mol. The van der Waals surface area contributed by atoms with Crippen molar-refractivity contribution in [1.82, 2.24) is 4.98 Å². The number of rotatable bonds is 2. The number of carboxylic acids is 1. The zero-order valence-electron chi connectivity index (χ0n) is 11.7. The van der Waals surface area contributed by atoms with Crippen LogP contribution >= 0.6 is 0 Å². The zero-order valence-corrected chi connectivity index (χ0v) is 11.7. The van der Waals surface area contributed by atoms with Crippen molar-refractivity contribution in [3.8, 4) is 0 Å². The van der Waals surface area contributed by atoms with E-state index in [0.717, 1.165) is 31.2 Å². The monoisotopic (exact) mass is 269 g/mol. The molecule has 3 nitrogen and oxygen atoms in total. The van der Waals surface area contributed by atoms with Gasteiger partial charge in [0.1, 0.15) is 0 Å².